The number of rotatable bonds is 3. The van der Waals surface area contributed by atoms with Crippen LogP contribution in [0.25, 0.3) is 5.65 Å². The van der Waals surface area contributed by atoms with Gasteiger partial charge in [0.05, 0.1) is 5.69 Å². The highest BCUT2D eigenvalue weighted by Gasteiger charge is 2.21. The van der Waals surface area contributed by atoms with Gasteiger partial charge in [0.2, 0.25) is 0 Å². The summed E-state index contributed by atoms with van der Waals surface area (Å²) in [6, 6.07) is 9.88. The first-order valence-electron chi connectivity index (χ1n) is 7.18. The van der Waals surface area contributed by atoms with Crippen molar-refractivity contribution in [2.75, 3.05) is 7.05 Å². The molecule has 3 rings (SSSR count). The normalized spacial score (nSPS) is 10.9. The fourth-order valence-electron chi connectivity index (χ4n) is 2.55. The first-order valence-corrected chi connectivity index (χ1v) is 7.18. The molecule has 0 fully saturated rings. The van der Waals surface area contributed by atoms with E-state index in [-0.39, 0.29) is 5.91 Å². The van der Waals surface area contributed by atoms with Crippen molar-refractivity contribution in [1.82, 2.24) is 19.5 Å². The minimum Gasteiger partial charge on any atom is -0.337 e. The summed E-state index contributed by atoms with van der Waals surface area (Å²) >= 11 is 0. The Morgan fingerprint density at radius 1 is 1.23 bits per heavy atom. The molecule has 2 heterocycles. The van der Waals surface area contributed by atoms with E-state index in [1.54, 1.807) is 34.9 Å². The second kappa shape index (κ2) is 5.60. The van der Waals surface area contributed by atoms with E-state index in [9.17, 15) is 4.79 Å². The molecule has 0 atom stereocenters. The molecule has 0 saturated carbocycles. The predicted molar refractivity (Wildman–Crippen MR) is 84.7 cm³/mol. The second-order valence-electron chi connectivity index (χ2n) is 5.44. The number of aromatic nitrogens is 3. The minimum atomic E-state index is -0.0607. The molecule has 2 aromatic heterocycles. The highest BCUT2D eigenvalue weighted by molar-refractivity contribution is 6.00. The van der Waals surface area contributed by atoms with E-state index < -0.39 is 0 Å². The van der Waals surface area contributed by atoms with Gasteiger partial charge < -0.3 is 4.90 Å². The third-order valence-corrected chi connectivity index (χ3v) is 3.80. The molecule has 0 aliphatic carbocycles. The van der Waals surface area contributed by atoms with Gasteiger partial charge in [-0.1, -0.05) is 24.3 Å². The maximum atomic E-state index is 12.8. The van der Waals surface area contributed by atoms with Gasteiger partial charge in [0.1, 0.15) is 5.56 Å². The van der Waals surface area contributed by atoms with Crippen LogP contribution >= 0.6 is 0 Å². The smallest absolute Gasteiger partial charge is 0.259 e. The quantitative estimate of drug-likeness (QED) is 0.746. The molecule has 0 spiro atoms. The van der Waals surface area contributed by atoms with Crippen LogP contribution in [0.3, 0.4) is 0 Å². The van der Waals surface area contributed by atoms with Crippen molar-refractivity contribution >= 4 is 11.6 Å². The lowest BCUT2D eigenvalue weighted by Gasteiger charge is -2.18. The number of benzene rings is 1. The van der Waals surface area contributed by atoms with E-state index >= 15 is 0 Å². The fraction of sp³-hybridized carbons (Fsp3) is 0.235. The molecule has 0 saturated heterocycles. The Morgan fingerprint density at radius 3 is 2.77 bits per heavy atom. The third-order valence-electron chi connectivity index (χ3n) is 3.80. The van der Waals surface area contributed by atoms with Crippen molar-refractivity contribution in [1.29, 1.82) is 0 Å². The number of amides is 1. The molecule has 5 nitrogen and oxygen atoms in total. The molecule has 0 unspecified atom stereocenters. The van der Waals surface area contributed by atoms with Gasteiger partial charge in [0.15, 0.2) is 5.65 Å². The molecule has 1 amide bonds. The van der Waals surface area contributed by atoms with Crippen LogP contribution < -0.4 is 0 Å². The maximum absolute atomic E-state index is 12.8. The van der Waals surface area contributed by atoms with Crippen LogP contribution in [-0.4, -0.2) is 32.5 Å². The van der Waals surface area contributed by atoms with Crippen LogP contribution in [0.5, 0.6) is 0 Å². The second-order valence-corrected chi connectivity index (χ2v) is 5.44. The molecule has 22 heavy (non-hydrogen) atoms. The summed E-state index contributed by atoms with van der Waals surface area (Å²) in [6.45, 7) is 4.45. The summed E-state index contributed by atoms with van der Waals surface area (Å²) < 4.78 is 1.64. The number of fused-ring (bicyclic) bond motifs is 1. The topological polar surface area (TPSA) is 50.5 Å². The van der Waals surface area contributed by atoms with Crippen molar-refractivity contribution in [3.05, 3.63) is 65.1 Å². The Morgan fingerprint density at radius 2 is 2.00 bits per heavy atom. The van der Waals surface area contributed by atoms with Crippen molar-refractivity contribution < 1.29 is 4.79 Å². The van der Waals surface area contributed by atoms with Gasteiger partial charge >= 0.3 is 0 Å². The number of carbonyl (C=O) groups is 1. The summed E-state index contributed by atoms with van der Waals surface area (Å²) in [7, 11) is 1.81. The van der Waals surface area contributed by atoms with Gasteiger partial charge in [-0.05, 0) is 31.0 Å². The van der Waals surface area contributed by atoms with E-state index in [1.165, 1.54) is 5.56 Å². The van der Waals surface area contributed by atoms with E-state index in [0.717, 1.165) is 5.56 Å². The summed E-state index contributed by atoms with van der Waals surface area (Å²) in [5.74, 6) is -0.0607. The average molecular weight is 294 g/mol. The Kier molecular flexibility index (Phi) is 3.63. The largest absolute Gasteiger partial charge is 0.337 e. The zero-order chi connectivity index (χ0) is 15.7. The first-order chi connectivity index (χ1) is 10.6. The standard InChI is InChI=1S/C17H18N4O/c1-12-7-4-5-8-14(12)11-20(3)17(22)15-13(2)19-21-10-6-9-18-16(15)21/h4-10H,11H2,1-3H3. The number of hydrogen-bond acceptors (Lipinski definition) is 3. The predicted octanol–water partition coefficient (Wildman–Crippen LogP) is 2.62. The molecule has 0 aliphatic heterocycles. The van der Waals surface area contributed by atoms with Gasteiger partial charge in [-0.15, -0.1) is 0 Å². The van der Waals surface area contributed by atoms with Crippen molar-refractivity contribution in [3.63, 3.8) is 0 Å². The Bertz CT molecular complexity index is 838. The van der Waals surface area contributed by atoms with Gasteiger partial charge in [0, 0.05) is 26.0 Å². The molecular weight excluding hydrogens is 276 g/mol. The van der Waals surface area contributed by atoms with Crippen LogP contribution in [0.1, 0.15) is 27.2 Å². The molecule has 0 aliphatic rings. The lowest BCUT2D eigenvalue weighted by Crippen LogP contribution is -2.27. The molecule has 112 valence electrons. The number of aryl methyl sites for hydroxylation is 2. The Balaban J connectivity index is 1.92. The lowest BCUT2D eigenvalue weighted by molar-refractivity contribution is 0.0786. The van der Waals surface area contributed by atoms with E-state index in [0.29, 0.717) is 23.4 Å². The average Bonchev–Trinajstić information content (AvgIpc) is 2.84. The molecular formula is C17H18N4O. The van der Waals surface area contributed by atoms with Gasteiger partial charge in [-0.2, -0.15) is 5.10 Å². The number of hydrogen-bond donors (Lipinski definition) is 0. The monoisotopic (exact) mass is 294 g/mol. The number of nitrogens with zero attached hydrogens (tertiary/aromatic N) is 4. The van der Waals surface area contributed by atoms with Crippen molar-refractivity contribution in [2.45, 2.75) is 20.4 Å². The van der Waals surface area contributed by atoms with E-state index in [2.05, 4.69) is 23.1 Å². The highest BCUT2D eigenvalue weighted by atomic mass is 16.2. The van der Waals surface area contributed by atoms with Gasteiger partial charge in [-0.3, -0.25) is 4.79 Å². The minimum absolute atomic E-state index is 0.0607. The SMILES string of the molecule is Cc1ccccc1CN(C)C(=O)c1c(C)nn2cccnc12. The van der Waals surface area contributed by atoms with Gasteiger partial charge in [0.25, 0.3) is 5.91 Å². The van der Waals surface area contributed by atoms with Crippen LogP contribution in [0.2, 0.25) is 0 Å². The molecule has 0 radical (unpaired) electrons. The summed E-state index contributed by atoms with van der Waals surface area (Å²) in [6.07, 6.45) is 3.47. The Labute approximate surface area is 129 Å². The molecule has 0 N–H and O–H groups in total. The molecule has 5 heteroatoms. The van der Waals surface area contributed by atoms with E-state index in [4.69, 9.17) is 0 Å². The first kappa shape index (κ1) is 14.3. The number of carbonyl (C=O) groups excluding carboxylic acids is 1. The fourth-order valence-corrected chi connectivity index (χ4v) is 2.55. The summed E-state index contributed by atoms with van der Waals surface area (Å²) in [5, 5.41) is 4.35. The summed E-state index contributed by atoms with van der Waals surface area (Å²) in [4.78, 5) is 18.8. The highest BCUT2D eigenvalue weighted by Crippen LogP contribution is 2.17. The Hall–Kier alpha value is -2.69. The van der Waals surface area contributed by atoms with Crippen LogP contribution in [0.15, 0.2) is 42.7 Å². The lowest BCUT2D eigenvalue weighted by atomic mass is 10.1. The van der Waals surface area contributed by atoms with Crippen molar-refractivity contribution in [2.24, 2.45) is 0 Å². The summed E-state index contributed by atoms with van der Waals surface area (Å²) in [5.41, 5.74) is 4.18. The third kappa shape index (κ3) is 2.45. The van der Waals surface area contributed by atoms with Gasteiger partial charge in [-0.25, -0.2) is 9.50 Å². The van der Waals surface area contributed by atoms with Crippen molar-refractivity contribution in [3.8, 4) is 0 Å². The van der Waals surface area contributed by atoms with Crippen LogP contribution in [0, 0.1) is 13.8 Å². The van der Waals surface area contributed by atoms with Crippen LogP contribution in [-0.2, 0) is 6.54 Å². The zero-order valence-electron chi connectivity index (χ0n) is 12.9. The molecule has 3 aromatic rings. The zero-order valence-corrected chi connectivity index (χ0v) is 12.9. The maximum Gasteiger partial charge on any atom is 0.259 e. The molecule has 0 bridgehead atoms. The van der Waals surface area contributed by atoms with E-state index in [1.807, 2.05) is 25.1 Å². The van der Waals surface area contributed by atoms with Crippen LogP contribution in [0.4, 0.5) is 0 Å². The molecule has 1 aromatic carbocycles.